The Bertz CT molecular complexity index is 599. The summed E-state index contributed by atoms with van der Waals surface area (Å²) in [5.74, 6) is -0.419. The molecule has 0 saturated carbocycles. The van der Waals surface area contributed by atoms with Gasteiger partial charge in [0.1, 0.15) is 0 Å². The first kappa shape index (κ1) is 13.9. The molecule has 0 heterocycles. The molecule has 0 radical (unpaired) electrons. The number of carbonyl (C=O) groups excluding carboxylic acids is 1. The molecule has 5 heteroatoms. The zero-order valence-electron chi connectivity index (χ0n) is 9.99. The van der Waals surface area contributed by atoms with Gasteiger partial charge in [0.05, 0.1) is 5.69 Å². The Hall–Kier alpha value is -1.52. The molecule has 98 valence electrons. The molecule has 0 unspecified atom stereocenters. The molecule has 19 heavy (non-hydrogen) atoms. The number of nitrogens with one attached hydrogen (secondary N) is 1. The summed E-state index contributed by atoms with van der Waals surface area (Å²) in [6, 6.07) is 12.7. The topological polar surface area (TPSA) is 55.1 Å². The van der Waals surface area contributed by atoms with Crippen LogP contribution in [0.5, 0.6) is 0 Å². The SMILES string of the molecule is NC(=O)c1ccc(CNc2cc(Cl)ccc2Br)cc1. The van der Waals surface area contributed by atoms with Crippen LogP contribution in [0.2, 0.25) is 5.02 Å². The summed E-state index contributed by atoms with van der Waals surface area (Å²) in [6.45, 7) is 0.637. The molecular weight excluding hydrogens is 328 g/mol. The highest BCUT2D eigenvalue weighted by molar-refractivity contribution is 9.10. The largest absolute Gasteiger partial charge is 0.380 e. The van der Waals surface area contributed by atoms with Crippen molar-refractivity contribution in [2.24, 2.45) is 5.73 Å². The lowest BCUT2D eigenvalue weighted by Gasteiger charge is -2.09. The van der Waals surface area contributed by atoms with Gasteiger partial charge in [-0.3, -0.25) is 4.79 Å². The second-order valence-corrected chi connectivity index (χ2v) is 5.33. The van der Waals surface area contributed by atoms with Crippen LogP contribution in [0.15, 0.2) is 46.9 Å². The lowest BCUT2D eigenvalue weighted by Crippen LogP contribution is -2.10. The van der Waals surface area contributed by atoms with E-state index in [1.807, 2.05) is 30.3 Å². The number of benzene rings is 2. The molecule has 0 bridgehead atoms. The van der Waals surface area contributed by atoms with E-state index in [0.29, 0.717) is 17.1 Å². The molecule has 3 nitrogen and oxygen atoms in total. The van der Waals surface area contributed by atoms with Crippen LogP contribution in [-0.2, 0) is 6.54 Å². The van der Waals surface area contributed by atoms with Gasteiger partial charge < -0.3 is 11.1 Å². The van der Waals surface area contributed by atoms with Crippen LogP contribution in [0.1, 0.15) is 15.9 Å². The minimum absolute atomic E-state index is 0.419. The Kier molecular flexibility index (Phi) is 4.45. The number of primary amides is 1. The minimum atomic E-state index is -0.419. The first-order chi connectivity index (χ1) is 9.06. The maximum absolute atomic E-state index is 11.0. The van der Waals surface area contributed by atoms with E-state index in [2.05, 4.69) is 21.2 Å². The monoisotopic (exact) mass is 338 g/mol. The first-order valence-electron chi connectivity index (χ1n) is 5.64. The molecule has 0 aliphatic carbocycles. The Morgan fingerprint density at radius 2 is 1.89 bits per heavy atom. The fourth-order valence-corrected chi connectivity index (χ4v) is 2.18. The molecule has 2 rings (SSSR count). The fourth-order valence-electron chi connectivity index (χ4n) is 1.62. The molecule has 0 fully saturated rings. The minimum Gasteiger partial charge on any atom is -0.380 e. The molecule has 0 atom stereocenters. The van der Waals surface area contributed by atoms with Crippen LogP contribution in [0, 0.1) is 0 Å². The van der Waals surface area contributed by atoms with Crippen molar-refractivity contribution in [1.82, 2.24) is 0 Å². The smallest absolute Gasteiger partial charge is 0.248 e. The van der Waals surface area contributed by atoms with Gasteiger partial charge in [-0.05, 0) is 51.8 Å². The normalized spacial score (nSPS) is 10.2. The van der Waals surface area contributed by atoms with Crippen LogP contribution >= 0.6 is 27.5 Å². The maximum Gasteiger partial charge on any atom is 0.248 e. The van der Waals surface area contributed by atoms with E-state index in [-0.39, 0.29) is 0 Å². The molecule has 0 spiro atoms. The fraction of sp³-hybridized carbons (Fsp3) is 0.0714. The molecule has 0 saturated heterocycles. The highest BCUT2D eigenvalue weighted by atomic mass is 79.9. The van der Waals surface area contributed by atoms with Crippen molar-refractivity contribution in [3.8, 4) is 0 Å². The van der Waals surface area contributed by atoms with Gasteiger partial charge in [0.2, 0.25) is 5.91 Å². The highest BCUT2D eigenvalue weighted by Gasteiger charge is 2.02. The number of nitrogens with two attached hydrogens (primary N) is 1. The second kappa shape index (κ2) is 6.08. The first-order valence-corrected chi connectivity index (χ1v) is 6.81. The molecule has 2 aromatic rings. The van der Waals surface area contributed by atoms with E-state index in [9.17, 15) is 4.79 Å². The predicted octanol–water partition coefficient (Wildman–Crippen LogP) is 3.81. The summed E-state index contributed by atoms with van der Waals surface area (Å²) in [6.07, 6.45) is 0. The Labute approximate surface area is 124 Å². The van der Waals surface area contributed by atoms with E-state index in [4.69, 9.17) is 17.3 Å². The average molecular weight is 340 g/mol. The van der Waals surface area contributed by atoms with Crippen LogP contribution < -0.4 is 11.1 Å². The van der Waals surface area contributed by atoms with Crippen molar-refractivity contribution in [3.05, 3.63) is 63.1 Å². The van der Waals surface area contributed by atoms with Crippen LogP contribution in [0.4, 0.5) is 5.69 Å². The molecule has 0 aliphatic rings. The number of hydrogen-bond donors (Lipinski definition) is 2. The summed E-state index contributed by atoms with van der Waals surface area (Å²) in [5, 5.41) is 3.95. The average Bonchev–Trinajstić information content (AvgIpc) is 2.40. The summed E-state index contributed by atoms with van der Waals surface area (Å²) in [7, 11) is 0. The van der Waals surface area contributed by atoms with Crippen molar-refractivity contribution in [3.63, 3.8) is 0 Å². The summed E-state index contributed by atoms with van der Waals surface area (Å²) in [4.78, 5) is 11.0. The molecule has 3 N–H and O–H groups in total. The van der Waals surface area contributed by atoms with Gasteiger partial charge in [0, 0.05) is 21.6 Å². The van der Waals surface area contributed by atoms with Crippen molar-refractivity contribution in [1.29, 1.82) is 0 Å². The third-order valence-electron chi connectivity index (χ3n) is 2.65. The molecule has 0 aliphatic heterocycles. The van der Waals surface area contributed by atoms with Gasteiger partial charge in [-0.25, -0.2) is 0 Å². The maximum atomic E-state index is 11.0. The number of rotatable bonds is 4. The van der Waals surface area contributed by atoms with Gasteiger partial charge in [-0.15, -0.1) is 0 Å². The van der Waals surface area contributed by atoms with E-state index in [1.165, 1.54) is 0 Å². The standard InChI is InChI=1S/C14H12BrClN2O/c15-12-6-5-11(16)7-13(12)18-8-9-1-3-10(4-2-9)14(17)19/h1-7,18H,8H2,(H2,17,19). The number of carbonyl (C=O) groups is 1. The third-order valence-corrected chi connectivity index (χ3v) is 3.58. The van der Waals surface area contributed by atoms with E-state index in [0.717, 1.165) is 15.7 Å². The number of amides is 1. The number of hydrogen-bond acceptors (Lipinski definition) is 2. The molecule has 0 aromatic heterocycles. The third kappa shape index (κ3) is 3.72. The Balaban J connectivity index is 2.06. The van der Waals surface area contributed by atoms with Crippen molar-refractivity contribution >= 4 is 39.1 Å². The summed E-state index contributed by atoms with van der Waals surface area (Å²) >= 11 is 9.39. The van der Waals surface area contributed by atoms with E-state index < -0.39 is 5.91 Å². The van der Waals surface area contributed by atoms with Crippen molar-refractivity contribution in [2.75, 3.05) is 5.32 Å². The van der Waals surface area contributed by atoms with Gasteiger partial charge in [-0.1, -0.05) is 23.7 Å². The summed E-state index contributed by atoms with van der Waals surface area (Å²) < 4.78 is 0.950. The quantitative estimate of drug-likeness (QED) is 0.890. The Morgan fingerprint density at radius 1 is 1.21 bits per heavy atom. The van der Waals surface area contributed by atoms with E-state index >= 15 is 0 Å². The zero-order chi connectivity index (χ0) is 13.8. The van der Waals surface area contributed by atoms with Crippen molar-refractivity contribution in [2.45, 2.75) is 6.54 Å². The Morgan fingerprint density at radius 3 is 2.53 bits per heavy atom. The molecule has 1 amide bonds. The van der Waals surface area contributed by atoms with Crippen molar-refractivity contribution < 1.29 is 4.79 Å². The lowest BCUT2D eigenvalue weighted by atomic mass is 10.1. The van der Waals surface area contributed by atoms with Crippen LogP contribution in [0.3, 0.4) is 0 Å². The lowest BCUT2D eigenvalue weighted by molar-refractivity contribution is 0.100. The number of anilines is 1. The predicted molar refractivity (Wildman–Crippen MR) is 81.4 cm³/mol. The van der Waals surface area contributed by atoms with Gasteiger partial charge in [-0.2, -0.15) is 0 Å². The van der Waals surface area contributed by atoms with Crippen LogP contribution in [0.25, 0.3) is 0 Å². The second-order valence-electron chi connectivity index (χ2n) is 4.04. The molecular formula is C14H12BrClN2O. The van der Waals surface area contributed by atoms with Gasteiger partial charge >= 0.3 is 0 Å². The van der Waals surface area contributed by atoms with E-state index in [1.54, 1.807) is 12.1 Å². The van der Waals surface area contributed by atoms with Gasteiger partial charge in [0.25, 0.3) is 0 Å². The van der Waals surface area contributed by atoms with Gasteiger partial charge in [0.15, 0.2) is 0 Å². The number of halogens is 2. The van der Waals surface area contributed by atoms with Crippen LogP contribution in [-0.4, -0.2) is 5.91 Å². The zero-order valence-corrected chi connectivity index (χ0v) is 12.3. The molecule has 2 aromatic carbocycles. The summed E-state index contributed by atoms with van der Waals surface area (Å²) in [5.41, 5.74) is 7.67. The highest BCUT2D eigenvalue weighted by Crippen LogP contribution is 2.26.